The Morgan fingerprint density at radius 3 is 2.55 bits per heavy atom. The lowest BCUT2D eigenvalue weighted by molar-refractivity contribution is 0.499. The number of hydrogen-bond acceptors (Lipinski definition) is 3. The molecule has 118 valence electrons. The molecule has 1 atom stereocenters. The van der Waals surface area contributed by atoms with E-state index in [1.807, 2.05) is 0 Å². The van der Waals surface area contributed by atoms with Crippen molar-refractivity contribution in [2.45, 2.75) is 32.7 Å². The Bertz CT molecular complexity index is 441. The maximum Gasteiger partial charge on any atom is 0.191 e. The predicted molar refractivity (Wildman–Crippen MR) is 95.6 cm³/mol. The summed E-state index contributed by atoms with van der Waals surface area (Å²) in [4.78, 5) is 4.48. The van der Waals surface area contributed by atoms with Gasteiger partial charge in [-0.2, -0.15) is 0 Å². The average Bonchev–Trinajstić information content (AvgIpc) is 2.60. The van der Waals surface area contributed by atoms with Gasteiger partial charge in [0.25, 0.3) is 0 Å². The number of sulfone groups is 1. The molecule has 0 amide bonds. The van der Waals surface area contributed by atoms with Gasteiger partial charge in [-0.3, -0.25) is 4.99 Å². The van der Waals surface area contributed by atoms with Gasteiger partial charge >= 0.3 is 0 Å². The molecule has 0 saturated carbocycles. The van der Waals surface area contributed by atoms with Crippen molar-refractivity contribution in [3.8, 4) is 0 Å². The number of nitrogens with one attached hydrogen (secondary N) is 2. The molecule has 20 heavy (non-hydrogen) atoms. The number of nitrogens with zero attached hydrogens (tertiary/aromatic N) is 1. The Morgan fingerprint density at radius 2 is 2.10 bits per heavy atom. The number of guanidine groups is 1. The normalized spacial score (nSPS) is 21.9. The van der Waals surface area contributed by atoms with Gasteiger partial charge in [0.15, 0.2) is 15.8 Å². The molecule has 1 aliphatic heterocycles. The summed E-state index contributed by atoms with van der Waals surface area (Å²) in [5.74, 6) is 1.42. The molecule has 0 bridgehead atoms. The minimum atomic E-state index is -2.82. The van der Waals surface area contributed by atoms with E-state index in [9.17, 15) is 8.42 Å². The van der Waals surface area contributed by atoms with Gasteiger partial charge in [0, 0.05) is 18.6 Å². The SMILES string of the molecule is C=CCNC(=NCC1CCS(=O)(=O)C1)NC(C)(C)C.I. The molecule has 1 saturated heterocycles. The molecule has 1 heterocycles. The standard InChI is InChI=1S/C13H25N3O2S.HI/c1-5-7-14-12(16-13(2,3)4)15-9-11-6-8-19(17,18)10-11;/h5,11H,1,6-10H2,2-4H3,(H2,14,15,16);1H. The summed E-state index contributed by atoms with van der Waals surface area (Å²) in [6, 6.07) is 0. The van der Waals surface area contributed by atoms with Crippen LogP contribution in [0.2, 0.25) is 0 Å². The molecule has 0 radical (unpaired) electrons. The van der Waals surface area contributed by atoms with E-state index >= 15 is 0 Å². The molecule has 2 N–H and O–H groups in total. The maximum absolute atomic E-state index is 11.4. The molecule has 1 fully saturated rings. The van der Waals surface area contributed by atoms with Crippen LogP contribution in [0.25, 0.3) is 0 Å². The van der Waals surface area contributed by atoms with Crippen molar-refractivity contribution in [3.63, 3.8) is 0 Å². The number of rotatable bonds is 4. The fraction of sp³-hybridized carbons (Fsp3) is 0.769. The number of halogens is 1. The summed E-state index contributed by atoms with van der Waals surface area (Å²) < 4.78 is 22.8. The Morgan fingerprint density at radius 1 is 1.45 bits per heavy atom. The fourth-order valence-corrected chi connectivity index (χ4v) is 3.75. The molecule has 5 nitrogen and oxygen atoms in total. The lowest BCUT2D eigenvalue weighted by Crippen LogP contribution is -2.47. The van der Waals surface area contributed by atoms with Crippen LogP contribution in [0.1, 0.15) is 27.2 Å². The predicted octanol–water partition coefficient (Wildman–Crippen LogP) is 1.56. The van der Waals surface area contributed by atoms with E-state index in [2.05, 4.69) is 43.0 Å². The summed E-state index contributed by atoms with van der Waals surface area (Å²) in [6.45, 7) is 11.0. The van der Waals surface area contributed by atoms with E-state index in [4.69, 9.17) is 0 Å². The fourth-order valence-electron chi connectivity index (χ4n) is 1.90. The van der Waals surface area contributed by atoms with Gasteiger partial charge in [-0.1, -0.05) is 6.08 Å². The average molecular weight is 415 g/mol. The van der Waals surface area contributed by atoms with Crippen molar-refractivity contribution in [2.24, 2.45) is 10.9 Å². The Balaban J connectivity index is 0.00000361. The van der Waals surface area contributed by atoms with Gasteiger partial charge in [0.1, 0.15) is 0 Å². The smallest absolute Gasteiger partial charge is 0.191 e. The van der Waals surface area contributed by atoms with Crippen molar-refractivity contribution in [1.82, 2.24) is 10.6 Å². The van der Waals surface area contributed by atoms with Crippen LogP contribution >= 0.6 is 24.0 Å². The van der Waals surface area contributed by atoms with Crippen LogP contribution in [0.3, 0.4) is 0 Å². The Kier molecular flexibility index (Phi) is 8.08. The van der Waals surface area contributed by atoms with Crippen LogP contribution in [-0.2, 0) is 9.84 Å². The highest BCUT2D eigenvalue weighted by molar-refractivity contribution is 14.0. The highest BCUT2D eigenvalue weighted by Gasteiger charge is 2.27. The summed E-state index contributed by atoms with van der Waals surface area (Å²) in [7, 11) is -2.82. The molecule has 1 rings (SSSR count). The highest BCUT2D eigenvalue weighted by atomic mass is 127. The quantitative estimate of drug-likeness (QED) is 0.317. The first-order valence-electron chi connectivity index (χ1n) is 6.60. The maximum atomic E-state index is 11.4. The third-order valence-corrected chi connectivity index (χ3v) is 4.58. The number of aliphatic imine (C=N–C) groups is 1. The van der Waals surface area contributed by atoms with E-state index in [0.717, 1.165) is 6.42 Å². The number of hydrogen-bond donors (Lipinski definition) is 2. The zero-order chi connectivity index (χ0) is 14.5. The zero-order valence-electron chi connectivity index (χ0n) is 12.5. The second-order valence-electron chi connectivity index (χ2n) is 6.00. The van der Waals surface area contributed by atoms with Crippen LogP contribution < -0.4 is 10.6 Å². The lowest BCUT2D eigenvalue weighted by atomic mass is 10.1. The van der Waals surface area contributed by atoms with Crippen molar-refractivity contribution in [1.29, 1.82) is 0 Å². The van der Waals surface area contributed by atoms with Crippen molar-refractivity contribution >= 4 is 39.8 Å². The molecular formula is C13H26IN3O2S. The van der Waals surface area contributed by atoms with Gasteiger partial charge in [-0.05, 0) is 33.1 Å². The van der Waals surface area contributed by atoms with Crippen molar-refractivity contribution in [2.75, 3.05) is 24.6 Å². The largest absolute Gasteiger partial charge is 0.353 e. The molecule has 0 aliphatic carbocycles. The first-order chi connectivity index (χ1) is 8.72. The third kappa shape index (κ3) is 8.08. The molecule has 1 unspecified atom stereocenters. The van der Waals surface area contributed by atoms with Gasteiger partial charge in [-0.15, -0.1) is 30.6 Å². The van der Waals surface area contributed by atoms with Crippen LogP contribution in [-0.4, -0.2) is 44.5 Å². The molecular weight excluding hydrogens is 389 g/mol. The second-order valence-corrected chi connectivity index (χ2v) is 8.23. The van der Waals surface area contributed by atoms with E-state index in [1.165, 1.54) is 0 Å². The lowest BCUT2D eigenvalue weighted by Gasteiger charge is -2.24. The van der Waals surface area contributed by atoms with Crippen LogP contribution in [0.15, 0.2) is 17.6 Å². The molecule has 0 aromatic heterocycles. The zero-order valence-corrected chi connectivity index (χ0v) is 15.6. The molecule has 7 heteroatoms. The van der Waals surface area contributed by atoms with Crippen LogP contribution in [0.5, 0.6) is 0 Å². The third-order valence-electron chi connectivity index (χ3n) is 2.74. The van der Waals surface area contributed by atoms with Crippen molar-refractivity contribution in [3.05, 3.63) is 12.7 Å². The highest BCUT2D eigenvalue weighted by Crippen LogP contribution is 2.18. The van der Waals surface area contributed by atoms with E-state index in [1.54, 1.807) is 6.08 Å². The van der Waals surface area contributed by atoms with Gasteiger partial charge in [0.2, 0.25) is 0 Å². The molecule has 0 aromatic rings. The Hall–Kier alpha value is -0.310. The van der Waals surface area contributed by atoms with Crippen LogP contribution in [0.4, 0.5) is 0 Å². The van der Waals surface area contributed by atoms with Gasteiger partial charge < -0.3 is 10.6 Å². The monoisotopic (exact) mass is 415 g/mol. The minimum absolute atomic E-state index is 0. The summed E-state index contributed by atoms with van der Waals surface area (Å²) in [6.07, 6.45) is 2.48. The molecule has 0 spiro atoms. The van der Waals surface area contributed by atoms with Crippen molar-refractivity contribution < 1.29 is 8.42 Å². The first kappa shape index (κ1) is 19.7. The Labute approximate surface area is 139 Å². The van der Waals surface area contributed by atoms with E-state index in [-0.39, 0.29) is 41.2 Å². The molecule has 0 aromatic carbocycles. The van der Waals surface area contributed by atoms with Gasteiger partial charge in [0.05, 0.1) is 11.5 Å². The summed E-state index contributed by atoms with van der Waals surface area (Å²) in [5, 5.41) is 6.42. The second kappa shape index (κ2) is 8.21. The van der Waals surface area contributed by atoms with Crippen LogP contribution in [0, 0.1) is 5.92 Å². The summed E-state index contributed by atoms with van der Waals surface area (Å²) >= 11 is 0. The topological polar surface area (TPSA) is 70.6 Å². The minimum Gasteiger partial charge on any atom is -0.353 e. The van der Waals surface area contributed by atoms with Gasteiger partial charge in [-0.25, -0.2) is 8.42 Å². The van der Waals surface area contributed by atoms with E-state index < -0.39 is 9.84 Å². The first-order valence-corrected chi connectivity index (χ1v) is 8.42. The molecule has 1 aliphatic rings. The van der Waals surface area contributed by atoms with E-state index in [0.29, 0.717) is 24.8 Å². The summed E-state index contributed by atoms with van der Waals surface area (Å²) in [5.41, 5.74) is -0.0885.